The number of hydrogen-bond donors (Lipinski definition) is 1. The van der Waals surface area contributed by atoms with E-state index in [9.17, 15) is 4.79 Å². The molecule has 2 aromatic rings. The Hall–Kier alpha value is -1.62. The number of aryl methyl sites for hydroxylation is 1. The van der Waals surface area contributed by atoms with E-state index in [1.165, 1.54) is 38.5 Å². The van der Waals surface area contributed by atoms with Crippen LogP contribution in [0, 0.1) is 30.1 Å². The van der Waals surface area contributed by atoms with Crippen LogP contribution in [0.5, 0.6) is 0 Å². The molecule has 1 amide bonds. The fraction of sp³-hybridized carbons (Fsp3) is 0.636. The Labute approximate surface area is 164 Å². The van der Waals surface area contributed by atoms with E-state index in [0.29, 0.717) is 17.7 Å². The van der Waals surface area contributed by atoms with Gasteiger partial charge in [0.25, 0.3) is 0 Å². The predicted octanol–water partition coefficient (Wildman–Crippen LogP) is 4.98. The number of thiophene rings is 1. The summed E-state index contributed by atoms with van der Waals surface area (Å²) in [4.78, 5) is 18.4. The number of aromatic nitrogens is 1. The first kappa shape index (κ1) is 17.5. The summed E-state index contributed by atoms with van der Waals surface area (Å²) in [6.07, 6.45) is 8.54. The van der Waals surface area contributed by atoms with Crippen molar-refractivity contribution in [2.24, 2.45) is 23.2 Å². The number of oxazole rings is 1. The molecule has 0 aliphatic heterocycles. The summed E-state index contributed by atoms with van der Waals surface area (Å²) in [5.74, 6) is 4.16. The second-order valence-corrected chi connectivity index (χ2v) is 10.2. The zero-order valence-corrected chi connectivity index (χ0v) is 17.0. The van der Waals surface area contributed by atoms with Crippen LogP contribution in [0.1, 0.15) is 56.9 Å². The van der Waals surface area contributed by atoms with Gasteiger partial charge in [-0.25, -0.2) is 4.98 Å². The van der Waals surface area contributed by atoms with Gasteiger partial charge in [-0.15, -0.1) is 11.3 Å². The first-order valence-corrected chi connectivity index (χ1v) is 11.2. The van der Waals surface area contributed by atoms with Crippen LogP contribution in [-0.2, 0) is 11.2 Å². The highest BCUT2D eigenvalue weighted by Gasteiger charge is 2.53. The minimum absolute atomic E-state index is 0.0763. The van der Waals surface area contributed by atoms with E-state index < -0.39 is 0 Å². The molecule has 0 spiro atoms. The zero-order chi connectivity index (χ0) is 18.6. The maximum Gasteiger partial charge on any atom is 0.236 e. The summed E-state index contributed by atoms with van der Waals surface area (Å²) in [6, 6.07) is 4.23. The lowest BCUT2D eigenvalue weighted by Crippen LogP contribution is -2.56. The number of nitrogens with zero attached hydrogens (tertiary/aromatic N) is 1. The van der Waals surface area contributed by atoms with Gasteiger partial charge in [0.15, 0.2) is 0 Å². The maximum absolute atomic E-state index is 12.8. The fourth-order valence-electron chi connectivity index (χ4n) is 6.40. The number of carbonyl (C=O) groups is 1. The average molecular weight is 385 g/mol. The maximum atomic E-state index is 12.8. The number of carbonyl (C=O) groups excluding carboxylic acids is 1. The Morgan fingerprint density at radius 2 is 1.96 bits per heavy atom. The Morgan fingerprint density at radius 3 is 2.56 bits per heavy atom. The quantitative estimate of drug-likeness (QED) is 0.791. The van der Waals surface area contributed by atoms with E-state index in [4.69, 9.17) is 4.42 Å². The SMILES string of the molecule is Cc1oc(-c2cccs2)nc1CC(=O)NC(C)C12CC3CC(CC(C3)C1)C2. The zero-order valence-electron chi connectivity index (χ0n) is 16.2. The van der Waals surface area contributed by atoms with Gasteiger partial charge in [-0.3, -0.25) is 4.79 Å². The van der Waals surface area contributed by atoms with Crippen molar-refractivity contribution in [1.29, 1.82) is 0 Å². The highest BCUT2D eigenvalue weighted by molar-refractivity contribution is 7.13. The van der Waals surface area contributed by atoms with Crippen LogP contribution in [-0.4, -0.2) is 16.9 Å². The topological polar surface area (TPSA) is 55.1 Å². The summed E-state index contributed by atoms with van der Waals surface area (Å²) in [5, 5.41) is 5.35. The van der Waals surface area contributed by atoms with Crippen LogP contribution < -0.4 is 5.32 Å². The summed E-state index contributed by atoms with van der Waals surface area (Å²) in [6.45, 7) is 4.13. The fourth-order valence-corrected chi connectivity index (χ4v) is 7.05. The molecular formula is C22H28N2O2S. The molecule has 2 aromatic heterocycles. The standard InChI is InChI=1S/C22H28N2O2S/c1-13-18(24-21(26-13)19-4-3-5-27-19)9-20(25)23-14(2)22-10-15-6-16(11-22)8-17(7-15)12-22/h3-5,14-17H,6-12H2,1-2H3,(H,23,25). The van der Waals surface area contributed by atoms with Gasteiger partial charge in [0.1, 0.15) is 5.76 Å². The third-order valence-corrected chi connectivity index (χ3v) is 8.19. The molecule has 0 aromatic carbocycles. The summed E-state index contributed by atoms with van der Waals surface area (Å²) in [5.41, 5.74) is 1.10. The van der Waals surface area contributed by atoms with Crippen molar-refractivity contribution >= 4 is 17.2 Å². The van der Waals surface area contributed by atoms with Crippen molar-refractivity contribution < 1.29 is 9.21 Å². The van der Waals surface area contributed by atoms with Crippen LogP contribution in [0.3, 0.4) is 0 Å². The molecule has 1 atom stereocenters. The molecule has 4 aliphatic carbocycles. The van der Waals surface area contributed by atoms with Crippen LogP contribution >= 0.6 is 11.3 Å². The smallest absolute Gasteiger partial charge is 0.236 e. The van der Waals surface area contributed by atoms with Gasteiger partial charge in [-0.2, -0.15) is 0 Å². The van der Waals surface area contributed by atoms with E-state index in [-0.39, 0.29) is 11.9 Å². The van der Waals surface area contributed by atoms with E-state index in [1.807, 2.05) is 24.4 Å². The van der Waals surface area contributed by atoms with Crippen molar-refractivity contribution in [3.63, 3.8) is 0 Å². The van der Waals surface area contributed by atoms with Gasteiger partial charge in [-0.1, -0.05) is 6.07 Å². The number of nitrogens with one attached hydrogen (secondary N) is 1. The summed E-state index contributed by atoms with van der Waals surface area (Å²) >= 11 is 1.60. The van der Waals surface area contributed by atoms with Crippen molar-refractivity contribution in [2.45, 2.75) is 64.8 Å². The molecule has 2 heterocycles. The molecule has 0 saturated heterocycles. The lowest BCUT2D eigenvalue weighted by atomic mass is 9.48. The molecule has 4 nitrogen and oxygen atoms in total. The van der Waals surface area contributed by atoms with E-state index in [0.717, 1.165) is 34.1 Å². The number of hydrogen-bond acceptors (Lipinski definition) is 4. The van der Waals surface area contributed by atoms with Crippen LogP contribution in [0.25, 0.3) is 10.8 Å². The van der Waals surface area contributed by atoms with Crippen molar-refractivity contribution in [1.82, 2.24) is 10.3 Å². The van der Waals surface area contributed by atoms with Crippen molar-refractivity contribution in [3.8, 4) is 10.8 Å². The Morgan fingerprint density at radius 1 is 1.30 bits per heavy atom. The van der Waals surface area contributed by atoms with E-state index in [1.54, 1.807) is 11.3 Å². The predicted molar refractivity (Wildman–Crippen MR) is 106 cm³/mol. The van der Waals surface area contributed by atoms with E-state index in [2.05, 4.69) is 17.2 Å². The van der Waals surface area contributed by atoms with Crippen LogP contribution in [0.15, 0.2) is 21.9 Å². The third kappa shape index (κ3) is 3.14. The lowest BCUT2D eigenvalue weighted by molar-refractivity contribution is -0.125. The molecule has 5 heteroatoms. The molecule has 4 saturated carbocycles. The Kier molecular flexibility index (Phi) is 4.19. The van der Waals surface area contributed by atoms with E-state index >= 15 is 0 Å². The summed E-state index contributed by atoms with van der Waals surface area (Å²) in [7, 11) is 0. The monoisotopic (exact) mass is 384 g/mol. The highest BCUT2D eigenvalue weighted by Crippen LogP contribution is 2.61. The third-order valence-electron chi connectivity index (χ3n) is 7.33. The minimum Gasteiger partial charge on any atom is -0.440 e. The van der Waals surface area contributed by atoms with Gasteiger partial charge >= 0.3 is 0 Å². The molecule has 6 rings (SSSR count). The molecule has 144 valence electrons. The molecule has 27 heavy (non-hydrogen) atoms. The van der Waals surface area contributed by atoms with Crippen LogP contribution in [0.4, 0.5) is 0 Å². The van der Waals surface area contributed by atoms with Gasteiger partial charge in [0.2, 0.25) is 11.8 Å². The second kappa shape index (κ2) is 6.47. The van der Waals surface area contributed by atoms with Crippen molar-refractivity contribution in [2.75, 3.05) is 0 Å². The normalized spacial score (nSPS) is 32.6. The van der Waals surface area contributed by atoms with Gasteiger partial charge in [0, 0.05) is 6.04 Å². The van der Waals surface area contributed by atoms with Gasteiger partial charge < -0.3 is 9.73 Å². The second-order valence-electron chi connectivity index (χ2n) is 9.25. The number of amides is 1. The Balaban J connectivity index is 1.26. The molecule has 4 aliphatic rings. The first-order valence-electron chi connectivity index (χ1n) is 10.3. The molecule has 0 radical (unpaired) electrons. The first-order chi connectivity index (χ1) is 13.0. The molecule has 1 N–H and O–H groups in total. The molecule has 1 unspecified atom stereocenters. The Bertz CT molecular complexity index is 803. The number of rotatable bonds is 5. The molecule has 4 fully saturated rings. The summed E-state index contributed by atoms with van der Waals surface area (Å²) < 4.78 is 5.78. The lowest BCUT2D eigenvalue weighted by Gasteiger charge is -2.59. The van der Waals surface area contributed by atoms with Gasteiger partial charge in [0.05, 0.1) is 17.0 Å². The minimum atomic E-state index is 0.0763. The average Bonchev–Trinajstić information content (AvgIpc) is 3.24. The van der Waals surface area contributed by atoms with Gasteiger partial charge in [-0.05, 0) is 87.0 Å². The molecular weight excluding hydrogens is 356 g/mol. The van der Waals surface area contributed by atoms with Crippen molar-refractivity contribution in [3.05, 3.63) is 29.0 Å². The molecule has 4 bridgehead atoms. The largest absolute Gasteiger partial charge is 0.440 e. The van der Waals surface area contributed by atoms with Crippen LogP contribution in [0.2, 0.25) is 0 Å². The highest BCUT2D eigenvalue weighted by atomic mass is 32.1.